The van der Waals surface area contributed by atoms with E-state index in [0.29, 0.717) is 36.4 Å². The number of hydrogen-bond donors (Lipinski definition) is 0. The Balaban J connectivity index is 1.28. The summed E-state index contributed by atoms with van der Waals surface area (Å²) in [7, 11) is 0. The van der Waals surface area contributed by atoms with Gasteiger partial charge in [-0.2, -0.15) is 0 Å². The Labute approximate surface area is 202 Å². The number of aryl methyl sites for hydroxylation is 1. The summed E-state index contributed by atoms with van der Waals surface area (Å²) in [5.41, 5.74) is 2.99. The maximum atomic E-state index is 13.7. The zero-order valence-corrected chi connectivity index (χ0v) is 20.2. The maximum Gasteiger partial charge on any atom is 0.182 e. The van der Waals surface area contributed by atoms with Gasteiger partial charge in [-0.15, -0.1) is 5.10 Å². The third-order valence-corrected chi connectivity index (χ3v) is 7.34. The van der Waals surface area contributed by atoms with E-state index < -0.39 is 17.4 Å². The molecule has 6 rings (SSSR count). The van der Waals surface area contributed by atoms with Gasteiger partial charge in [-0.1, -0.05) is 11.3 Å². The number of rotatable bonds is 6. The molecule has 3 aromatic rings. The highest BCUT2D eigenvalue weighted by molar-refractivity contribution is 5.72. The van der Waals surface area contributed by atoms with Crippen LogP contribution in [0, 0.1) is 24.5 Å². The van der Waals surface area contributed by atoms with E-state index in [4.69, 9.17) is 14.2 Å². The normalized spacial score (nSPS) is 31.3. The largest absolute Gasteiger partial charge is 0.376 e. The average molecular weight is 486 g/mol. The molecule has 8 nitrogen and oxygen atoms in total. The molecular weight excluding hydrogens is 456 g/mol. The lowest BCUT2D eigenvalue weighted by Gasteiger charge is -2.23. The molecule has 0 amide bonds. The number of halogens is 2. The van der Waals surface area contributed by atoms with E-state index in [1.165, 1.54) is 12.1 Å². The third kappa shape index (κ3) is 4.01. The first-order valence-electron chi connectivity index (χ1n) is 12.2. The summed E-state index contributed by atoms with van der Waals surface area (Å²) in [6.45, 7) is 8.25. The Hall–Kier alpha value is -2.56. The highest BCUT2D eigenvalue weighted by atomic mass is 19.2. The van der Waals surface area contributed by atoms with Crippen molar-refractivity contribution in [3.8, 4) is 0 Å². The SMILES string of the molecule is CCO[C@H]1C[C@@H](n2nnc3c(C[C@@H]4C[C@H]4c4ccc(F)c(F)c4)nc(C)nc32)[C@@H]2OC(C)(C)O[C@@H]21. The van der Waals surface area contributed by atoms with Gasteiger partial charge in [0.15, 0.2) is 28.6 Å². The Bertz CT molecular complexity index is 1280. The van der Waals surface area contributed by atoms with Crippen LogP contribution in [0.15, 0.2) is 18.2 Å². The Morgan fingerprint density at radius 1 is 1.11 bits per heavy atom. The minimum Gasteiger partial charge on any atom is -0.376 e. The van der Waals surface area contributed by atoms with Gasteiger partial charge < -0.3 is 14.2 Å². The molecule has 1 saturated heterocycles. The molecule has 35 heavy (non-hydrogen) atoms. The number of ether oxygens (including phenoxy) is 3. The van der Waals surface area contributed by atoms with E-state index in [1.807, 2.05) is 32.4 Å². The minimum absolute atomic E-state index is 0.0956. The Kier molecular flexibility index (Phi) is 5.39. The second-order valence-electron chi connectivity index (χ2n) is 10.3. The van der Waals surface area contributed by atoms with Gasteiger partial charge in [-0.05, 0) is 70.1 Å². The van der Waals surface area contributed by atoms with E-state index >= 15 is 0 Å². The average Bonchev–Trinajstić information content (AvgIpc) is 3.14. The molecule has 0 bridgehead atoms. The van der Waals surface area contributed by atoms with Crippen molar-refractivity contribution in [1.29, 1.82) is 0 Å². The minimum atomic E-state index is -0.823. The fourth-order valence-electron chi connectivity index (χ4n) is 5.77. The molecule has 3 fully saturated rings. The molecule has 1 aliphatic heterocycles. The molecule has 0 spiro atoms. The van der Waals surface area contributed by atoms with Gasteiger partial charge in [0.05, 0.1) is 17.8 Å². The number of hydrogen-bond acceptors (Lipinski definition) is 7. The molecule has 2 saturated carbocycles. The topological polar surface area (TPSA) is 84.2 Å². The maximum absolute atomic E-state index is 13.7. The molecule has 2 aromatic heterocycles. The van der Waals surface area contributed by atoms with Crippen molar-refractivity contribution in [2.24, 2.45) is 5.92 Å². The first kappa shape index (κ1) is 22.9. The highest BCUT2D eigenvalue weighted by Gasteiger charge is 2.56. The predicted molar refractivity (Wildman–Crippen MR) is 122 cm³/mol. The molecular formula is C25H29F2N5O3. The van der Waals surface area contributed by atoms with E-state index in [1.54, 1.807) is 6.07 Å². The summed E-state index contributed by atoms with van der Waals surface area (Å²) >= 11 is 0. The number of fused-ring (bicyclic) bond motifs is 2. The zero-order chi connectivity index (χ0) is 24.5. The standard InChI is InChI=1S/C25H29F2N5O3/c1-5-33-20-11-19(22-23(20)35-25(3,4)34-22)32-24-21(30-31-32)18(28-12(2)29-24)10-14-8-15(14)13-6-7-16(26)17(27)9-13/h6-7,9,14-15,19-20,22-23H,5,8,10-11H2,1-4H3/t14-,15-,19+,20-,22-,23+/m0/s1. The van der Waals surface area contributed by atoms with E-state index in [-0.39, 0.29) is 36.2 Å². The molecule has 186 valence electrons. The summed E-state index contributed by atoms with van der Waals surface area (Å²) in [6, 6.07) is 4.03. The van der Waals surface area contributed by atoms with Crippen molar-refractivity contribution >= 4 is 11.2 Å². The van der Waals surface area contributed by atoms with Crippen molar-refractivity contribution in [2.75, 3.05) is 6.61 Å². The lowest BCUT2D eigenvalue weighted by atomic mass is 10.1. The van der Waals surface area contributed by atoms with Crippen LogP contribution in [-0.2, 0) is 20.6 Å². The molecule has 10 heteroatoms. The van der Waals surface area contributed by atoms with Crippen LogP contribution in [0.1, 0.15) is 62.7 Å². The molecule has 0 radical (unpaired) electrons. The van der Waals surface area contributed by atoms with Crippen LogP contribution in [0.3, 0.4) is 0 Å². The van der Waals surface area contributed by atoms with Crippen molar-refractivity contribution in [3.05, 3.63) is 46.9 Å². The Morgan fingerprint density at radius 2 is 1.91 bits per heavy atom. The van der Waals surface area contributed by atoms with Crippen LogP contribution in [0.4, 0.5) is 8.78 Å². The predicted octanol–water partition coefficient (Wildman–Crippen LogP) is 4.02. The van der Waals surface area contributed by atoms with Gasteiger partial charge in [0.2, 0.25) is 0 Å². The monoisotopic (exact) mass is 485 g/mol. The molecule has 3 aliphatic rings. The van der Waals surface area contributed by atoms with Crippen LogP contribution in [0.5, 0.6) is 0 Å². The molecule has 2 aliphatic carbocycles. The van der Waals surface area contributed by atoms with Crippen molar-refractivity contribution in [3.63, 3.8) is 0 Å². The van der Waals surface area contributed by atoms with Crippen molar-refractivity contribution in [2.45, 2.75) is 83.0 Å². The highest BCUT2D eigenvalue weighted by Crippen LogP contribution is 2.50. The van der Waals surface area contributed by atoms with Gasteiger partial charge >= 0.3 is 0 Å². The van der Waals surface area contributed by atoms with Gasteiger partial charge in [-0.3, -0.25) is 0 Å². The molecule has 1 aromatic carbocycles. The first-order valence-corrected chi connectivity index (χ1v) is 12.2. The smallest absolute Gasteiger partial charge is 0.182 e. The van der Waals surface area contributed by atoms with Crippen LogP contribution in [0.2, 0.25) is 0 Å². The summed E-state index contributed by atoms with van der Waals surface area (Å²) in [5.74, 6) is -1.22. The molecule has 0 N–H and O–H groups in total. The molecule has 6 atom stereocenters. The fraction of sp³-hybridized carbons (Fsp3) is 0.600. The van der Waals surface area contributed by atoms with Crippen LogP contribution in [0.25, 0.3) is 11.2 Å². The van der Waals surface area contributed by atoms with Crippen LogP contribution >= 0.6 is 0 Å². The fourth-order valence-corrected chi connectivity index (χ4v) is 5.77. The Morgan fingerprint density at radius 3 is 2.69 bits per heavy atom. The lowest BCUT2D eigenvalue weighted by Crippen LogP contribution is -2.31. The third-order valence-electron chi connectivity index (χ3n) is 7.34. The van der Waals surface area contributed by atoms with Gasteiger partial charge in [0.1, 0.15) is 18.0 Å². The van der Waals surface area contributed by atoms with E-state index in [9.17, 15) is 8.78 Å². The van der Waals surface area contributed by atoms with Crippen LogP contribution < -0.4 is 0 Å². The number of aromatic nitrogens is 5. The van der Waals surface area contributed by atoms with Gasteiger partial charge in [-0.25, -0.2) is 23.4 Å². The molecule has 0 unspecified atom stereocenters. The summed E-state index contributed by atoms with van der Waals surface area (Å²) in [6.07, 6.45) is 1.77. The lowest BCUT2D eigenvalue weighted by molar-refractivity contribution is -0.170. The number of benzene rings is 1. The summed E-state index contributed by atoms with van der Waals surface area (Å²) < 4.78 is 47.3. The van der Waals surface area contributed by atoms with E-state index in [0.717, 1.165) is 17.7 Å². The van der Waals surface area contributed by atoms with Crippen LogP contribution in [-0.4, -0.2) is 55.7 Å². The first-order chi connectivity index (χ1) is 16.7. The second-order valence-corrected chi connectivity index (χ2v) is 10.3. The van der Waals surface area contributed by atoms with Gasteiger partial charge in [0, 0.05) is 13.0 Å². The second kappa shape index (κ2) is 8.25. The number of nitrogens with zero attached hydrogens (tertiary/aromatic N) is 5. The summed E-state index contributed by atoms with van der Waals surface area (Å²) in [5, 5.41) is 8.96. The van der Waals surface area contributed by atoms with Crippen molar-refractivity contribution in [1.82, 2.24) is 25.0 Å². The molecule has 3 heterocycles. The van der Waals surface area contributed by atoms with Gasteiger partial charge in [0.25, 0.3) is 0 Å². The van der Waals surface area contributed by atoms with E-state index in [2.05, 4.69) is 20.3 Å². The summed E-state index contributed by atoms with van der Waals surface area (Å²) in [4.78, 5) is 9.36. The zero-order valence-electron chi connectivity index (χ0n) is 20.2. The quantitative estimate of drug-likeness (QED) is 0.521. The van der Waals surface area contributed by atoms with Crippen molar-refractivity contribution < 1.29 is 23.0 Å².